The van der Waals surface area contributed by atoms with Crippen LogP contribution in [0.15, 0.2) is 90.4 Å². The number of hydrogen-bond donors (Lipinski definition) is 2. The van der Waals surface area contributed by atoms with Crippen LogP contribution < -0.4 is 10.6 Å². The zero-order valence-electron chi connectivity index (χ0n) is 17.2. The molecule has 158 valence electrons. The van der Waals surface area contributed by atoms with Gasteiger partial charge in [-0.1, -0.05) is 42.5 Å². The number of anilines is 2. The third kappa shape index (κ3) is 3.62. The molecule has 1 aliphatic rings. The van der Waals surface area contributed by atoms with E-state index in [1.165, 1.54) is 12.1 Å². The summed E-state index contributed by atoms with van der Waals surface area (Å²) >= 11 is 0. The summed E-state index contributed by atoms with van der Waals surface area (Å²) < 4.78 is 15.3. The number of benzene rings is 2. The fourth-order valence-electron chi connectivity index (χ4n) is 3.74. The number of fused-ring (bicyclic) bond motifs is 1. The lowest BCUT2D eigenvalue weighted by molar-refractivity contribution is -0.113. The molecule has 2 N–H and O–H groups in total. The van der Waals surface area contributed by atoms with Gasteiger partial charge >= 0.3 is 0 Å². The highest BCUT2D eigenvalue weighted by Crippen LogP contribution is 2.36. The van der Waals surface area contributed by atoms with Gasteiger partial charge in [0.25, 0.3) is 5.91 Å². The van der Waals surface area contributed by atoms with E-state index in [1.807, 2.05) is 37.3 Å². The second-order valence-electron chi connectivity index (χ2n) is 7.38. The molecule has 0 saturated carbocycles. The van der Waals surface area contributed by atoms with Crippen LogP contribution in [0.25, 0.3) is 11.4 Å². The third-order valence-corrected chi connectivity index (χ3v) is 5.23. The fourth-order valence-corrected chi connectivity index (χ4v) is 3.74. The highest BCUT2D eigenvalue weighted by atomic mass is 19.1. The Morgan fingerprint density at radius 3 is 2.56 bits per heavy atom. The summed E-state index contributed by atoms with van der Waals surface area (Å²) in [5, 5.41) is 10.8. The van der Waals surface area contributed by atoms with Crippen molar-refractivity contribution in [2.45, 2.75) is 13.0 Å². The van der Waals surface area contributed by atoms with Crippen molar-refractivity contribution in [1.29, 1.82) is 0 Å². The monoisotopic (exact) mass is 426 g/mol. The van der Waals surface area contributed by atoms with E-state index in [9.17, 15) is 9.18 Å². The first kappa shape index (κ1) is 19.6. The van der Waals surface area contributed by atoms with Gasteiger partial charge in [0.1, 0.15) is 11.9 Å². The van der Waals surface area contributed by atoms with Crippen molar-refractivity contribution in [3.8, 4) is 11.4 Å². The second kappa shape index (κ2) is 8.07. The SMILES string of the molecule is CC1=C(C(=O)Nc2cccnc2)C(c2ccc(F)cc2)n2nc(-c3ccccc3)nc2N1. The van der Waals surface area contributed by atoms with E-state index in [0.29, 0.717) is 34.3 Å². The van der Waals surface area contributed by atoms with E-state index in [4.69, 9.17) is 5.10 Å². The number of allylic oxidation sites excluding steroid dienone is 1. The van der Waals surface area contributed by atoms with E-state index in [2.05, 4.69) is 20.6 Å². The number of nitrogens with one attached hydrogen (secondary N) is 2. The van der Waals surface area contributed by atoms with Crippen LogP contribution in [0, 0.1) is 5.82 Å². The standard InChI is InChI=1S/C24H19FN6O/c1-15-20(23(32)28-19-8-5-13-26-14-19)21(16-9-11-18(25)12-10-16)31-24(27-15)29-22(30-31)17-6-3-2-4-7-17/h2-14,21H,1H3,(H,28,32)(H,27,29,30). The number of hydrogen-bond acceptors (Lipinski definition) is 5. The molecule has 8 heteroatoms. The fraction of sp³-hybridized carbons (Fsp3) is 0.0833. The van der Waals surface area contributed by atoms with Gasteiger partial charge in [-0.2, -0.15) is 4.98 Å². The first-order chi connectivity index (χ1) is 15.6. The Balaban J connectivity index is 1.60. The Morgan fingerprint density at radius 1 is 1.06 bits per heavy atom. The lowest BCUT2D eigenvalue weighted by Gasteiger charge is -2.28. The van der Waals surface area contributed by atoms with E-state index in [-0.39, 0.29) is 11.7 Å². The zero-order valence-corrected chi connectivity index (χ0v) is 17.2. The minimum absolute atomic E-state index is 0.306. The number of nitrogens with zero attached hydrogens (tertiary/aromatic N) is 4. The van der Waals surface area contributed by atoms with Crippen LogP contribution in [0.5, 0.6) is 0 Å². The van der Waals surface area contributed by atoms with Crippen molar-refractivity contribution in [3.63, 3.8) is 0 Å². The first-order valence-corrected chi connectivity index (χ1v) is 10.1. The lowest BCUT2D eigenvalue weighted by atomic mass is 9.95. The van der Waals surface area contributed by atoms with Gasteiger partial charge in [-0.05, 0) is 36.8 Å². The predicted molar refractivity (Wildman–Crippen MR) is 119 cm³/mol. The van der Waals surface area contributed by atoms with E-state index in [0.717, 1.165) is 5.56 Å². The highest BCUT2D eigenvalue weighted by molar-refractivity contribution is 6.05. The maximum absolute atomic E-state index is 13.6. The van der Waals surface area contributed by atoms with Crippen molar-refractivity contribution in [2.24, 2.45) is 0 Å². The minimum atomic E-state index is -0.589. The molecule has 0 radical (unpaired) electrons. The van der Waals surface area contributed by atoms with Gasteiger partial charge in [0.2, 0.25) is 5.95 Å². The molecule has 1 amide bonds. The van der Waals surface area contributed by atoms with Gasteiger partial charge in [0.05, 0.1) is 17.5 Å². The van der Waals surface area contributed by atoms with Crippen LogP contribution in [-0.4, -0.2) is 25.7 Å². The molecule has 2 aromatic heterocycles. The minimum Gasteiger partial charge on any atom is -0.328 e. The van der Waals surface area contributed by atoms with Gasteiger partial charge < -0.3 is 10.6 Å². The molecule has 7 nitrogen and oxygen atoms in total. The molecule has 32 heavy (non-hydrogen) atoms. The molecule has 5 rings (SSSR count). The maximum Gasteiger partial charge on any atom is 0.255 e. The molecule has 4 aromatic rings. The molecule has 3 heterocycles. The summed E-state index contributed by atoms with van der Waals surface area (Å²) in [7, 11) is 0. The predicted octanol–water partition coefficient (Wildman–Crippen LogP) is 4.41. The van der Waals surface area contributed by atoms with Gasteiger partial charge in [0.15, 0.2) is 5.82 Å². The summed E-state index contributed by atoms with van der Waals surface area (Å²) in [4.78, 5) is 22.0. The number of rotatable bonds is 4. The summed E-state index contributed by atoms with van der Waals surface area (Å²) in [5.74, 6) is 0.379. The largest absolute Gasteiger partial charge is 0.328 e. The Kier molecular flexibility index (Phi) is 4.95. The highest BCUT2D eigenvalue weighted by Gasteiger charge is 2.34. The first-order valence-electron chi connectivity index (χ1n) is 10.1. The number of pyridine rings is 1. The lowest BCUT2D eigenvalue weighted by Crippen LogP contribution is -2.31. The smallest absolute Gasteiger partial charge is 0.255 e. The molecule has 0 spiro atoms. The van der Waals surface area contributed by atoms with Crippen LogP contribution in [0.4, 0.5) is 16.0 Å². The van der Waals surface area contributed by atoms with E-state index < -0.39 is 6.04 Å². The van der Waals surface area contributed by atoms with Gasteiger partial charge in [-0.15, -0.1) is 5.10 Å². The molecule has 2 aromatic carbocycles. The number of halogens is 1. The molecule has 1 unspecified atom stereocenters. The number of carbonyl (C=O) groups is 1. The van der Waals surface area contributed by atoms with Gasteiger partial charge in [-0.25, -0.2) is 9.07 Å². The molecule has 0 bridgehead atoms. The van der Waals surface area contributed by atoms with Crippen molar-refractivity contribution in [2.75, 3.05) is 10.6 Å². The maximum atomic E-state index is 13.6. The molecule has 0 aliphatic carbocycles. The quantitative estimate of drug-likeness (QED) is 0.505. The molecule has 0 fully saturated rings. The van der Waals surface area contributed by atoms with E-state index in [1.54, 1.807) is 41.3 Å². The van der Waals surface area contributed by atoms with Gasteiger partial charge in [-0.3, -0.25) is 9.78 Å². The average molecular weight is 426 g/mol. The van der Waals surface area contributed by atoms with Crippen LogP contribution >= 0.6 is 0 Å². The Labute approximate surface area is 183 Å². The molecule has 1 aliphatic heterocycles. The van der Waals surface area contributed by atoms with Gasteiger partial charge in [0, 0.05) is 17.5 Å². The molecule has 1 atom stereocenters. The second-order valence-corrected chi connectivity index (χ2v) is 7.38. The van der Waals surface area contributed by atoms with Crippen LogP contribution in [-0.2, 0) is 4.79 Å². The third-order valence-electron chi connectivity index (χ3n) is 5.23. The van der Waals surface area contributed by atoms with Crippen molar-refractivity contribution in [3.05, 3.63) is 102 Å². The normalized spacial score (nSPS) is 15.1. The zero-order chi connectivity index (χ0) is 22.1. The van der Waals surface area contributed by atoms with E-state index >= 15 is 0 Å². The Hall–Kier alpha value is -4.33. The van der Waals surface area contributed by atoms with Crippen LogP contribution in [0.2, 0.25) is 0 Å². The van der Waals surface area contributed by atoms with Crippen LogP contribution in [0.3, 0.4) is 0 Å². The number of carbonyl (C=O) groups excluding carboxylic acids is 1. The summed E-state index contributed by atoms with van der Waals surface area (Å²) in [6, 6.07) is 18.6. The Morgan fingerprint density at radius 2 is 1.84 bits per heavy atom. The molecule has 0 saturated heterocycles. The van der Waals surface area contributed by atoms with Crippen molar-refractivity contribution in [1.82, 2.24) is 19.7 Å². The number of amides is 1. The number of aromatic nitrogens is 4. The average Bonchev–Trinajstić information content (AvgIpc) is 3.23. The summed E-state index contributed by atoms with van der Waals surface area (Å²) in [5.41, 5.74) is 3.24. The van der Waals surface area contributed by atoms with Crippen molar-refractivity contribution >= 4 is 17.5 Å². The topological polar surface area (TPSA) is 84.7 Å². The summed E-state index contributed by atoms with van der Waals surface area (Å²) in [6.07, 6.45) is 3.21. The summed E-state index contributed by atoms with van der Waals surface area (Å²) in [6.45, 7) is 1.81. The molecular weight excluding hydrogens is 407 g/mol. The molecular formula is C24H19FN6O. The Bertz CT molecular complexity index is 1300. The van der Waals surface area contributed by atoms with Crippen LogP contribution in [0.1, 0.15) is 18.5 Å². The van der Waals surface area contributed by atoms with Crippen molar-refractivity contribution < 1.29 is 9.18 Å².